The molecule has 0 fully saturated rings. The van der Waals surface area contributed by atoms with Gasteiger partial charge in [-0.15, -0.1) is 0 Å². The zero-order valence-corrected chi connectivity index (χ0v) is 25.3. The molecule has 1 atom stereocenters. The molecule has 2 aromatic carbocycles. The maximum absolute atomic E-state index is 13.0. The summed E-state index contributed by atoms with van der Waals surface area (Å²) in [6, 6.07) is 11.0. The minimum atomic E-state index is -4.48. The summed E-state index contributed by atoms with van der Waals surface area (Å²) in [5, 5.41) is 4.11. The van der Waals surface area contributed by atoms with Crippen molar-refractivity contribution in [1.29, 1.82) is 0 Å². The van der Waals surface area contributed by atoms with E-state index in [0.29, 0.717) is 28.4 Å². The van der Waals surface area contributed by atoms with Gasteiger partial charge in [-0.1, -0.05) is 87.7 Å². The van der Waals surface area contributed by atoms with Crippen molar-refractivity contribution < 1.29 is 32.0 Å². The second-order valence-corrected chi connectivity index (χ2v) is 10.7. The number of carbonyl (C=O) groups excluding carboxylic acids is 2. The fraction of sp³-hybridized carbons (Fsp3) is 0.515. The summed E-state index contributed by atoms with van der Waals surface area (Å²) in [7, 11) is 0. The lowest BCUT2D eigenvalue weighted by atomic mass is 10.0. The van der Waals surface area contributed by atoms with E-state index in [1.54, 1.807) is 38.1 Å². The van der Waals surface area contributed by atoms with E-state index in [2.05, 4.69) is 17.1 Å². The van der Waals surface area contributed by atoms with Crippen LogP contribution in [-0.4, -0.2) is 33.5 Å². The number of alkyl halides is 3. The molecule has 1 aromatic heterocycles. The van der Waals surface area contributed by atoms with E-state index < -0.39 is 29.7 Å². The lowest BCUT2D eigenvalue weighted by Gasteiger charge is -2.29. The maximum atomic E-state index is 13.0. The van der Waals surface area contributed by atoms with Gasteiger partial charge in [-0.3, -0.25) is 4.79 Å². The van der Waals surface area contributed by atoms with E-state index in [4.69, 9.17) is 9.26 Å². The number of amides is 1. The van der Waals surface area contributed by atoms with Crippen LogP contribution < -0.4 is 0 Å². The molecule has 0 aliphatic rings. The van der Waals surface area contributed by atoms with Crippen molar-refractivity contribution in [2.24, 2.45) is 0 Å². The number of esters is 1. The van der Waals surface area contributed by atoms with E-state index in [-0.39, 0.29) is 13.2 Å². The van der Waals surface area contributed by atoms with Crippen molar-refractivity contribution in [3.05, 3.63) is 71.0 Å². The number of benzene rings is 2. The van der Waals surface area contributed by atoms with Crippen molar-refractivity contribution in [3.8, 4) is 11.5 Å². The molecular weight excluding hydrogens is 559 g/mol. The Labute approximate surface area is 251 Å². The molecule has 7 nitrogen and oxygen atoms in total. The number of halogens is 3. The summed E-state index contributed by atoms with van der Waals surface area (Å²) < 4.78 is 49.5. The van der Waals surface area contributed by atoms with Crippen molar-refractivity contribution >= 4 is 11.9 Å². The van der Waals surface area contributed by atoms with Crippen molar-refractivity contribution in [1.82, 2.24) is 15.0 Å². The highest BCUT2D eigenvalue weighted by molar-refractivity contribution is 6.32. The second kappa shape index (κ2) is 16.8. The van der Waals surface area contributed by atoms with Crippen LogP contribution in [0.15, 0.2) is 53.1 Å². The molecule has 0 spiro atoms. The van der Waals surface area contributed by atoms with Crippen LogP contribution >= 0.6 is 0 Å². The summed E-state index contributed by atoms with van der Waals surface area (Å²) in [6.07, 6.45) is 7.43. The molecule has 0 aliphatic carbocycles. The molecule has 1 unspecified atom stereocenters. The number of hydrogen-bond acceptors (Lipinski definition) is 6. The number of hydrogen-bond donors (Lipinski definition) is 0. The van der Waals surface area contributed by atoms with E-state index >= 15 is 0 Å². The topological polar surface area (TPSA) is 85.5 Å². The van der Waals surface area contributed by atoms with Crippen LogP contribution in [-0.2, 0) is 33.5 Å². The van der Waals surface area contributed by atoms with E-state index in [0.717, 1.165) is 31.4 Å². The molecule has 0 N–H and O–H groups in total. The zero-order valence-electron chi connectivity index (χ0n) is 25.3. The smallest absolute Gasteiger partial charge is 0.416 e. The van der Waals surface area contributed by atoms with Gasteiger partial charge in [0.25, 0.3) is 5.89 Å². The van der Waals surface area contributed by atoms with Crippen LogP contribution in [0.4, 0.5) is 13.2 Å². The number of rotatable bonds is 16. The van der Waals surface area contributed by atoms with E-state index in [1.165, 1.54) is 62.0 Å². The van der Waals surface area contributed by atoms with Crippen LogP contribution in [0.5, 0.6) is 0 Å². The largest absolute Gasteiger partial charge is 0.459 e. The number of aryl methyl sites for hydroxylation is 1. The average molecular weight is 602 g/mol. The molecule has 234 valence electrons. The number of nitrogens with zero attached hydrogens (tertiary/aromatic N) is 3. The summed E-state index contributed by atoms with van der Waals surface area (Å²) in [6.45, 7) is 5.53. The minimum absolute atomic E-state index is 0.0209. The number of ether oxygens (including phenoxy) is 1. The first-order valence-electron chi connectivity index (χ1n) is 15.2. The van der Waals surface area contributed by atoms with E-state index in [1.807, 2.05) is 0 Å². The molecule has 10 heteroatoms. The van der Waals surface area contributed by atoms with Crippen LogP contribution in [0, 0.1) is 0 Å². The quantitative estimate of drug-likeness (QED) is 0.0930. The van der Waals surface area contributed by atoms with Gasteiger partial charge < -0.3 is 14.2 Å². The number of unbranched alkanes of at least 4 members (excludes halogenated alkanes) is 8. The summed E-state index contributed by atoms with van der Waals surface area (Å²) in [5.41, 5.74) is 1.08. The number of aromatic nitrogens is 2. The normalized spacial score (nSPS) is 12.2. The molecule has 43 heavy (non-hydrogen) atoms. The van der Waals surface area contributed by atoms with Crippen molar-refractivity contribution in [2.75, 3.05) is 6.61 Å². The Morgan fingerprint density at radius 3 is 2.07 bits per heavy atom. The summed E-state index contributed by atoms with van der Waals surface area (Å²) in [5.74, 6) is -0.840. The van der Waals surface area contributed by atoms with Crippen LogP contribution in [0.1, 0.15) is 107 Å². The van der Waals surface area contributed by atoms with Crippen LogP contribution in [0.25, 0.3) is 11.5 Å². The van der Waals surface area contributed by atoms with E-state index in [9.17, 15) is 22.8 Å². The highest BCUT2D eigenvalue weighted by atomic mass is 19.4. The fourth-order valence-corrected chi connectivity index (χ4v) is 4.84. The highest BCUT2D eigenvalue weighted by Crippen LogP contribution is 2.31. The predicted octanol–water partition coefficient (Wildman–Crippen LogP) is 8.48. The third-order valence-corrected chi connectivity index (χ3v) is 7.42. The van der Waals surface area contributed by atoms with Crippen molar-refractivity contribution in [3.63, 3.8) is 0 Å². The molecule has 0 saturated carbocycles. The Morgan fingerprint density at radius 1 is 0.884 bits per heavy atom. The maximum Gasteiger partial charge on any atom is 0.416 e. The molecule has 0 radical (unpaired) electrons. The molecule has 0 bridgehead atoms. The third-order valence-electron chi connectivity index (χ3n) is 7.42. The summed E-state index contributed by atoms with van der Waals surface area (Å²) in [4.78, 5) is 31.1. The summed E-state index contributed by atoms with van der Waals surface area (Å²) >= 11 is 0. The Bertz CT molecular complexity index is 1270. The van der Waals surface area contributed by atoms with Gasteiger partial charge in [0.1, 0.15) is 0 Å². The molecule has 3 aromatic rings. The Balaban J connectivity index is 1.61. The van der Waals surface area contributed by atoms with Crippen LogP contribution in [0.2, 0.25) is 0 Å². The highest BCUT2D eigenvalue weighted by Gasteiger charge is 2.32. The fourth-order valence-electron chi connectivity index (χ4n) is 4.84. The van der Waals surface area contributed by atoms with Gasteiger partial charge in [-0.2, -0.15) is 18.2 Å². The van der Waals surface area contributed by atoms with Gasteiger partial charge in [-0.05, 0) is 55.7 Å². The average Bonchev–Trinajstić information content (AvgIpc) is 3.47. The Kier molecular flexibility index (Phi) is 13.2. The molecule has 1 amide bonds. The zero-order chi connectivity index (χ0) is 31.2. The first-order chi connectivity index (χ1) is 20.6. The lowest BCUT2D eigenvalue weighted by Crippen LogP contribution is -2.39. The molecule has 0 saturated heterocycles. The second-order valence-electron chi connectivity index (χ2n) is 10.7. The monoisotopic (exact) mass is 601 g/mol. The molecule has 0 aliphatic heterocycles. The third kappa shape index (κ3) is 10.5. The van der Waals surface area contributed by atoms with Crippen LogP contribution in [0.3, 0.4) is 0 Å². The van der Waals surface area contributed by atoms with Gasteiger partial charge in [0.2, 0.25) is 0 Å². The molecular formula is C33H42F3N3O4. The van der Waals surface area contributed by atoms with Gasteiger partial charge in [0.05, 0.1) is 18.2 Å². The number of carbonyl (C=O) groups is 2. The Hall–Kier alpha value is -3.69. The standard InChI is InChI=1S/C33H42F3N3O4/c1-4-6-7-8-9-10-11-12-13-14-29-37-30(43-38-29)27-17-15-25(16-18-27)23-39(31(40)32(41)42-5-2)24(3)26-19-21-28(22-20-26)33(34,35)36/h15-22,24H,4-14,23H2,1-3H3. The first-order valence-corrected chi connectivity index (χ1v) is 15.2. The molecule has 3 rings (SSSR count). The predicted molar refractivity (Wildman–Crippen MR) is 158 cm³/mol. The van der Waals surface area contributed by atoms with Gasteiger partial charge in [-0.25, -0.2) is 4.79 Å². The van der Waals surface area contributed by atoms with Gasteiger partial charge in [0, 0.05) is 18.5 Å². The first kappa shape index (κ1) is 33.8. The van der Waals surface area contributed by atoms with Gasteiger partial charge >= 0.3 is 18.1 Å². The SMILES string of the molecule is CCCCCCCCCCCc1noc(-c2ccc(CN(C(=O)C(=O)OCC)C(C)c3ccc(C(F)(F)F)cc3)cc2)n1. The van der Waals surface area contributed by atoms with Crippen molar-refractivity contribution in [2.45, 2.75) is 104 Å². The lowest BCUT2D eigenvalue weighted by molar-refractivity contribution is -0.161. The molecule has 1 heterocycles. The Morgan fingerprint density at radius 2 is 1.49 bits per heavy atom. The van der Waals surface area contributed by atoms with Gasteiger partial charge in [0.15, 0.2) is 5.82 Å². The minimum Gasteiger partial charge on any atom is -0.459 e.